The van der Waals surface area contributed by atoms with Crippen molar-refractivity contribution in [1.82, 2.24) is 5.32 Å². The minimum absolute atomic E-state index is 0.396. The van der Waals surface area contributed by atoms with Gasteiger partial charge in [0.05, 0.1) is 4.90 Å². The first-order valence-corrected chi connectivity index (χ1v) is 9.69. The second kappa shape index (κ2) is 5.61. The van der Waals surface area contributed by atoms with E-state index in [1.54, 1.807) is 12.1 Å². The Balaban J connectivity index is 1.80. The molecule has 2 fully saturated rings. The van der Waals surface area contributed by atoms with E-state index in [1.165, 1.54) is 31.9 Å². The first-order chi connectivity index (χ1) is 9.97. The lowest BCUT2D eigenvalue weighted by molar-refractivity contribution is 0.349. The normalized spacial score (nSPS) is 28.6. The fraction of sp³-hybridized carbons (Fsp3) is 0.625. The number of nitrogens with one attached hydrogen (secondary N) is 1. The predicted molar refractivity (Wildman–Crippen MR) is 85.5 cm³/mol. The first-order valence-electron chi connectivity index (χ1n) is 7.80. The van der Waals surface area contributed by atoms with Crippen LogP contribution < -0.4 is 10.2 Å². The molecule has 2 aliphatic heterocycles. The fourth-order valence-electron chi connectivity index (χ4n) is 3.82. The van der Waals surface area contributed by atoms with Crippen LogP contribution in [0.2, 0.25) is 0 Å². The number of hydrogen-bond acceptors (Lipinski definition) is 4. The van der Waals surface area contributed by atoms with Gasteiger partial charge in [0.1, 0.15) is 0 Å². The summed E-state index contributed by atoms with van der Waals surface area (Å²) in [6.07, 6.45) is 6.23. The van der Waals surface area contributed by atoms with Gasteiger partial charge >= 0.3 is 0 Å². The summed E-state index contributed by atoms with van der Waals surface area (Å²) in [5.41, 5.74) is 1.14. The molecule has 1 aromatic rings. The second-order valence-corrected chi connectivity index (χ2v) is 8.33. The molecule has 0 spiro atoms. The van der Waals surface area contributed by atoms with Gasteiger partial charge < -0.3 is 10.2 Å². The molecule has 0 saturated carbocycles. The Morgan fingerprint density at radius 2 is 1.71 bits per heavy atom. The average molecular weight is 308 g/mol. The lowest BCUT2D eigenvalue weighted by Gasteiger charge is -2.38. The van der Waals surface area contributed by atoms with E-state index < -0.39 is 9.84 Å². The van der Waals surface area contributed by atoms with E-state index in [2.05, 4.69) is 17.1 Å². The Bertz CT molecular complexity index is 585. The van der Waals surface area contributed by atoms with Crippen LogP contribution in [0, 0.1) is 0 Å². The zero-order valence-corrected chi connectivity index (χ0v) is 13.6. The van der Waals surface area contributed by atoms with Crippen LogP contribution in [0.5, 0.6) is 0 Å². The number of piperidine rings is 1. The molecule has 3 rings (SSSR count). The molecule has 1 N–H and O–H groups in total. The Hall–Kier alpha value is -1.07. The number of sulfone groups is 1. The van der Waals surface area contributed by atoms with Crippen LogP contribution in [0.15, 0.2) is 29.2 Å². The van der Waals surface area contributed by atoms with Gasteiger partial charge in [0.15, 0.2) is 9.84 Å². The molecular weight excluding hydrogens is 284 g/mol. The number of rotatable bonds is 4. The Morgan fingerprint density at radius 1 is 1.14 bits per heavy atom. The first kappa shape index (κ1) is 14.9. The van der Waals surface area contributed by atoms with Crippen molar-refractivity contribution in [2.45, 2.75) is 55.6 Å². The third-order valence-corrected chi connectivity index (χ3v) is 5.95. The summed E-state index contributed by atoms with van der Waals surface area (Å²) in [5.74, 6) is 0. The molecule has 0 aliphatic carbocycles. The summed E-state index contributed by atoms with van der Waals surface area (Å²) in [6, 6.07) is 9.24. The van der Waals surface area contributed by atoms with Crippen LogP contribution in [0.1, 0.15) is 32.6 Å². The summed E-state index contributed by atoms with van der Waals surface area (Å²) < 4.78 is 23.1. The summed E-state index contributed by atoms with van der Waals surface area (Å²) in [6.45, 7) is 3.14. The molecule has 2 atom stereocenters. The van der Waals surface area contributed by atoms with Crippen LogP contribution in [0.4, 0.5) is 5.69 Å². The van der Waals surface area contributed by atoms with E-state index >= 15 is 0 Å². The van der Waals surface area contributed by atoms with Crippen molar-refractivity contribution in [1.29, 1.82) is 0 Å². The number of fused-ring (bicyclic) bond motifs is 2. The largest absolute Gasteiger partial charge is 0.369 e. The minimum atomic E-state index is -3.11. The Labute approximate surface area is 127 Å². The molecule has 4 nitrogen and oxygen atoms in total. The standard InChI is InChI=1S/C16H24N2O2S/c1-3-18(15-10-12-4-5-13(11-15)17-12)14-6-8-16(9-7-14)21(2,19)20/h6-9,12-13,15,17H,3-5,10-11H2,1-2H3. The van der Waals surface area contributed by atoms with Crippen molar-refractivity contribution < 1.29 is 8.42 Å². The van der Waals surface area contributed by atoms with Crippen molar-refractivity contribution in [2.24, 2.45) is 0 Å². The van der Waals surface area contributed by atoms with Gasteiger partial charge in [-0.05, 0) is 56.9 Å². The van der Waals surface area contributed by atoms with Crippen LogP contribution in [0.25, 0.3) is 0 Å². The predicted octanol–water partition coefficient (Wildman–Crippen LogP) is 2.20. The molecule has 2 aliphatic rings. The molecule has 2 unspecified atom stereocenters. The molecule has 2 heterocycles. The maximum atomic E-state index is 11.6. The summed E-state index contributed by atoms with van der Waals surface area (Å²) in [5, 5.41) is 3.67. The van der Waals surface area contributed by atoms with Crippen LogP contribution >= 0.6 is 0 Å². The monoisotopic (exact) mass is 308 g/mol. The van der Waals surface area contributed by atoms with Crippen molar-refractivity contribution in [3.05, 3.63) is 24.3 Å². The van der Waals surface area contributed by atoms with Crippen LogP contribution in [-0.4, -0.2) is 39.3 Å². The maximum absolute atomic E-state index is 11.6. The highest BCUT2D eigenvalue weighted by Gasteiger charge is 2.35. The molecule has 1 aromatic carbocycles. The quantitative estimate of drug-likeness (QED) is 0.926. The van der Waals surface area contributed by atoms with Gasteiger partial charge in [0, 0.05) is 36.6 Å². The number of benzene rings is 1. The van der Waals surface area contributed by atoms with Crippen LogP contribution in [-0.2, 0) is 9.84 Å². The Morgan fingerprint density at radius 3 is 2.19 bits per heavy atom. The van der Waals surface area contributed by atoms with Gasteiger partial charge in [0.2, 0.25) is 0 Å². The van der Waals surface area contributed by atoms with Gasteiger partial charge in [-0.3, -0.25) is 0 Å². The summed E-state index contributed by atoms with van der Waals surface area (Å²) >= 11 is 0. The summed E-state index contributed by atoms with van der Waals surface area (Å²) in [7, 11) is -3.11. The SMILES string of the molecule is CCN(c1ccc(S(C)(=O)=O)cc1)C1CC2CCC(C1)N2. The number of hydrogen-bond donors (Lipinski definition) is 1. The van der Waals surface area contributed by atoms with E-state index in [9.17, 15) is 8.42 Å². The van der Waals surface area contributed by atoms with E-state index in [0.717, 1.165) is 12.2 Å². The zero-order valence-electron chi connectivity index (χ0n) is 12.7. The van der Waals surface area contributed by atoms with E-state index in [1.807, 2.05) is 12.1 Å². The number of anilines is 1. The molecule has 116 valence electrons. The fourth-order valence-corrected chi connectivity index (χ4v) is 4.45. The van der Waals surface area contributed by atoms with Gasteiger partial charge in [-0.1, -0.05) is 0 Å². The van der Waals surface area contributed by atoms with Gasteiger partial charge in [0.25, 0.3) is 0 Å². The van der Waals surface area contributed by atoms with Crippen LogP contribution in [0.3, 0.4) is 0 Å². The van der Waals surface area contributed by atoms with Crippen molar-refractivity contribution in [3.63, 3.8) is 0 Å². The van der Waals surface area contributed by atoms with E-state index in [-0.39, 0.29) is 0 Å². The van der Waals surface area contributed by atoms with Crippen molar-refractivity contribution in [2.75, 3.05) is 17.7 Å². The lowest BCUT2D eigenvalue weighted by Crippen LogP contribution is -2.48. The summed E-state index contributed by atoms with van der Waals surface area (Å²) in [4.78, 5) is 2.82. The van der Waals surface area contributed by atoms with E-state index in [4.69, 9.17) is 0 Å². The minimum Gasteiger partial charge on any atom is -0.369 e. The molecule has 0 radical (unpaired) electrons. The lowest BCUT2D eigenvalue weighted by atomic mass is 9.97. The van der Waals surface area contributed by atoms with Crippen molar-refractivity contribution in [3.8, 4) is 0 Å². The third kappa shape index (κ3) is 3.09. The molecule has 2 bridgehead atoms. The molecule has 21 heavy (non-hydrogen) atoms. The zero-order chi connectivity index (χ0) is 15.0. The maximum Gasteiger partial charge on any atom is 0.175 e. The van der Waals surface area contributed by atoms with Gasteiger partial charge in [-0.15, -0.1) is 0 Å². The highest BCUT2D eigenvalue weighted by molar-refractivity contribution is 7.90. The topological polar surface area (TPSA) is 49.4 Å². The molecule has 5 heteroatoms. The Kier molecular flexibility index (Phi) is 3.97. The molecule has 2 saturated heterocycles. The average Bonchev–Trinajstić information content (AvgIpc) is 2.78. The highest BCUT2D eigenvalue weighted by atomic mass is 32.2. The van der Waals surface area contributed by atoms with Crippen molar-refractivity contribution >= 4 is 15.5 Å². The smallest absolute Gasteiger partial charge is 0.175 e. The third-order valence-electron chi connectivity index (χ3n) is 4.83. The molecule has 0 amide bonds. The second-order valence-electron chi connectivity index (χ2n) is 6.32. The van der Waals surface area contributed by atoms with Gasteiger partial charge in [-0.25, -0.2) is 8.42 Å². The highest BCUT2D eigenvalue weighted by Crippen LogP contribution is 2.32. The molecular formula is C16H24N2O2S. The molecule has 0 aromatic heterocycles. The number of nitrogens with zero attached hydrogens (tertiary/aromatic N) is 1. The van der Waals surface area contributed by atoms with E-state index in [0.29, 0.717) is 23.0 Å². The van der Waals surface area contributed by atoms with Gasteiger partial charge in [-0.2, -0.15) is 0 Å².